The Balaban J connectivity index is 3.46. The van der Waals surface area contributed by atoms with Crippen LogP contribution in [0.5, 0.6) is 0 Å². The van der Waals surface area contributed by atoms with Gasteiger partial charge in [0.15, 0.2) is 18.3 Å². The zero-order valence-corrected chi connectivity index (χ0v) is 14.3. The molecule has 0 aromatic heterocycles. The van der Waals surface area contributed by atoms with E-state index in [1.54, 1.807) is 0 Å². The molecule has 0 spiro atoms. The molecule has 9 nitrogen and oxygen atoms in total. The molecule has 1 aliphatic heterocycles. The molecule has 0 unspecified atom stereocenters. The van der Waals surface area contributed by atoms with E-state index in [9.17, 15) is 19.2 Å². The molecule has 24 heavy (non-hydrogen) atoms. The molecular formula is C14H20O9S. The Labute approximate surface area is 148 Å². The fraction of sp³-hybridized carbons (Fsp3) is 0.714. The van der Waals surface area contributed by atoms with Crippen molar-refractivity contribution in [1.82, 2.24) is 0 Å². The van der Waals surface area contributed by atoms with Crippen LogP contribution in [0, 0.1) is 0 Å². The molecule has 0 amide bonds. The SMILES string of the molecule is [2H]C([2H])(OC(C)=O)[C@H]1O[C@@]([2H])(S)[C@H](OC(C)=O)[C@@H](OC(C)=O)[C@@H]1OC(C)=O. The summed E-state index contributed by atoms with van der Waals surface area (Å²) in [5.41, 5.74) is -2.43. The highest BCUT2D eigenvalue weighted by molar-refractivity contribution is 7.80. The maximum atomic E-state index is 11.5. The van der Waals surface area contributed by atoms with Gasteiger partial charge in [-0.15, -0.1) is 12.6 Å². The smallest absolute Gasteiger partial charge is 0.303 e. The van der Waals surface area contributed by atoms with Crippen molar-refractivity contribution in [1.29, 1.82) is 0 Å². The molecule has 0 saturated carbocycles. The maximum Gasteiger partial charge on any atom is 0.303 e. The summed E-state index contributed by atoms with van der Waals surface area (Å²) in [4.78, 5) is 45.6. The van der Waals surface area contributed by atoms with Crippen LogP contribution in [0.15, 0.2) is 0 Å². The summed E-state index contributed by atoms with van der Waals surface area (Å²) in [6.07, 6.45) is -6.97. The molecule has 1 saturated heterocycles. The highest BCUT2D eigenvalue weighted by atomic mass is 32.1. The van der Waals surface area contributed by atoms with Crippen molar-refractivity contribution in [2.45, 2.75) is 57.5 Å². The Morgan fingerprint density at radius 3 is 1.83 bits per heavy atom. The zero-order valence-electron chi connectivity index (χ0n) is 16.4. The zero-order chi connectivity index (χ0) is 21.2. The monoisotopic (exact) mass is 367 g/mol. The van der Waals surface area contributed by atoms with Crippen LogP contribution in [-0.4, -0.2) is 60.3 Å². The predicted octanol–water partition coefficient (Wildman–Crippen LogP) is -0.000700. The second-order valence-electron chi connectivity index (χ2n) is 4.77. The maximum absolute atomic E-state index is 11.5. The van der Waals surface area contributed by atoms with Crippen molar-refractivity contribution in [3.8, 4) is 0 Å². The number of esters is 4. The number of rotatable bonds is 5. The van der Waals surface area contributed by atoms with Gasteiger partial charge in [0, 0.05) is 27.7 Å². The van der Waals surface area contributed by atoms with E-state index in [0.717, 1.165) is 27.7 Å². The van der Waals surface area contributed by atoms with Crippen molar-refractivity contribution in [3.63, 3.8) is 0 Å². The normalized spacial score (nSPS) is 34.8. The van der Waals surface area contributed by atoms with E-state index in [-0.39, 0.29) is 0 Å². The Morgan fingerprint density at radius 1 is 0.917 bits per heavy atom. The first-order chi connectivity index (χ1) is 12.2. The lowest BCUT2D eigenvalue weighted by Crippen LogP contribution is -2.61. The van der Waals surface area contributed by atoms with Gasteiger partial charge in [-0.2, -0.15) is 0 Å². The Kier molecular flexibility index (Phi) is 5.81. The van der Waals surface area contributed by atoms with Crippen LogP contribution in [0.1, 0.15) is 31.8 Å². The standard InChI is InChI=1S/C14H20O9S/c1-6(15)19-5-10-11(20-7(2)16)12(21-8(3)17)13(14(24)23-10)22-9(4)18/h10-14,24H,5H2,1-4H3/t10-,11-,12+,13-,14+/m1/s1/i5D2,14D. The van der Waals surface area contributed by atoms with Crippen LogP contribution >= 0.6 is 12.6 Å². The third-order valence-corrected chi connectivity index (χ3v) is 2.99. The highest BCUT2D eigenvalue weighted by Gasteiger charge is 2.51. The fourth-order valence-corrected chi connectivity index (χ4v) is 2.23. The number of hydrogen-bond acceptors (Lipinski definition) is 10. The van der Waals surface area contributed by atoms with Crippen LogP contribution in [0.3, 0.4) is 0 Å². The minimum atomic E-state index is -2.90. The summed E-state index contributed by atoms with van der Waals surface area (Å²) in [6, 6.07) is 0. The average molecular weight is 367 g/mol. The van der Waals surface area contributed by atoms with Crippen LogP contribution in [0.2, 0.25) is 0 Å². The van der Waals surface area contributed by atoms with Crippen LogP contribution in [-0.2, 0) is 42.9 Å². The van der Waals surface area contributed by atoms with Gasteiger partial charge in [0.05, 0.1) is 4.11 Å². The molecule has 1 aliphatic rings. The molecule has 0 aliphatic carbocycles. The first kappa shape index (κ1) is 15.7. The summed E-state index contributed by atoms with van der Waals surface area (Å²) in [5, 5.41) is 0. The number of ether oxygens (including phenoxy) is 5. The van der Waals surface area contributed by atoms with Gasteiger partial charge >= 0.3 is 23.9 Å². The first-order valence-corrected chi connectivity index (χ1v) is 7.23. The average Bonchev–Trinajstić information content (AvgIpc) is 2.42. The lowest BCUT2D eigenvalue weighted by Gasteiger charge is -2.42. The number of carbonyl (C=O) groups excluding carboxylic acids is 4. The lowest BCUT2D eigenvalue weighted by atomic mass is 9.99. The Morgan fingerprint density at radius 2 is 1.38 bits per heavy atom. The van der Waals surface area contributed by atoms with Crippen molar-refractivity contribution < 1.29 is 47.0 Å². The Hall–Kier alpha value is -1.81. The minimum Gasteiger partial charge on any atom is -0.463 e. The molecule has 10 heteroatoms. The number of hydrogen-bond donors (Lipinski definition) is 1. The van der Waals surface area contributed by atoms with Crippen LogP contribution in [0.4, 0.5) is 0 Å². The molecule has 1 rings (SSSR count). The van der Waals surface area contributed by atoms with Gasteiger partial charge in [-0.25, -0.2) is 0 Å². The molecule has 1 heterocycles. The molecule has 136 valence electrons. The van der Waals surface area contributed by atoms with E-state index in [0.29, 0.717) is 0 Å². The van der Waals surface area contributed by atoms with Gasteiger partial charge in [0.1, 0.15) is 18.1 Å². The van der Waals surface area contributed by atoms with E-state index in [2.05, 4.69) is 17.4 Å². The topological polar surface area (TPSA) is 114 Å². The third kappa shape index (κ3) is 6.00. The van der Waals surface area contributed by atoms with Gasteiger partial charge in [-0.05, 0) is 0 Å². The molecule has 0 N–H and O–H groups in total. The van der Waals surface area contributed by atoms with Crippen LogP contribution in [0.25, 0.3) is 0 Å². The second-order valence-corrected chi connectivity index (χ2v) is 5.21. The van der Waals surface area contributed by atoms with E-state index in [1.165, 1.54) is 0 Å². The molecule has 5 atom stereocenters. The number of carbonyl (C=O) groups is 4. The summed E-state index contributed by atoms with van der Waals surface area (Å²) in [6.45, 7) is 1.04. The first-order valence-electron chi connectivity index (χ1n) is 8.29. The fourth-order valence-electron chi connectivity index (χ4n) is 1.92. The quantitative estimate of drug-likeness (QED) is 0.407. The van der Waals surface area contributed by atoms with E-state index >= 15 is 0 Å². The van der Waals surface area contributed by atoms with Crippen molar-refractivity contribution in [2.24, 2.45) is 0 Å². The van der Waals surface area contributed by atoms with Crippen LogP contribution < -0.4 is 0 Å². The van der Waals surface area contributed by atoms with E-state index in [4.69, 9.17) is 23.1 Å². The molecule has 0 aromatic carbocycles. The number of thiol groups is 1. The largest absolute Gasteiger partial charge is 0.463 e. The molecule has 0 radical (unpaired) electrons. The third-order valence-electron chi connectivity index (χ3n) is 2.63. The summed E-state index contributed by atoms with van der Waals surface area (Å²) in [5.74, 6) is -3.71. The second kappa shape index (κ2) is 8.88. The Bertz CT molecular complexity index is 625. The van der Waals surface area contributed by atoms with Gasteiger partial charge in [0.2, 0.25) is 0 Å². The highest BCUT2D eigenvalue weighted by Crippen LogP contribution is 2.30. The molecule has 1 fully saturated rings. The molecular weight excluding hydrogens is 344 g/mol. The van der Waals surface area contributed by atoms with Gasteiger partial charge < -0.3 is 23.7 Å². The van der Waals surface area contributed by atoms with Gasteiger partial charge in [0.25, 0.3) is 0 Å². The summed E-state index contributed by atoms with van der Waals surface area (Å²) in [7, 11) is 0. The van der Waals surface area contributed by atoms with Crippen molar-refractivity contribution in [2.75, 3.05) is 6.56 Å². The minimum absolute atomic E-state index is 0.880. The van der Waals surface area contributed by atoms with E-state index < -0.39 is 60.3 Å². The molecule has 0 aromatic rings. The summed E-state index contributed by atoms with van der Waals surface area (Å²) < 4.78 is 48.8. The van der Waals surface area contributed by atoms with Gasteiger partial charge in [-0.1, -0.05) is 0 Å². The van der Waals surface area contributed by atoms with Gasteiger partial charge in [-0.3, -0.25) is 19.2 Å². The summed E-state index contributed by atoms with van der Waals surface area (Å²) >= 11 is 3.91. The molecule has 0 bridgehead atoms. The lowest BCUT2D eigenvalue weighted by molar-refractivity contribution is -0.237. The van der Waals surface area contributed by atoms with Crippen molar-refractivity contribution >= 4 is 36.5 Å². The predicted molar refractivity (Wildman–Crippen MR) is 80.9 cm³/mol. The van der Waals surface area contributed by atoms with Crippen molar-refractivity contribution in [3.05, 3.63) is 0 Å². The van der Waals surface area contributed by atoms with E-state index in [1.807, 2.05) is 0 Å².